The summed E-state index contributed by atoms with van der Waals surface area (Å²) in [4.78, 5) is 18.3. The summed E-state index contributed by atoms with van der Waals surface area (Å²) >= 11 is 0. The first-order valence-corrected chi connectivity index (χ1v) is 8.55. The van der Waals surface area contributed by atoms with Crippen LogP contribution in [0.4, 0.5) is 0 Å². The molecule has 1 aromatic carbocycles. The van der Waals surface area contributed by atoms with Gasteiger partial charge >= 0.3 is 0 Å². The Labute approximate surface area is 169 Å². The standard InChI is InChI=1S/C19H30N4O.HI/c1-4-5-6-7-11-16-23(3)19(20-2)22-15-14-21-18(24)17-12-9-8-10-13-17;/h4,8-10,12-13H,1,5-7,11,14-16H2,2-3H3,(H,20,22)(H,21,24);1H. The van der Waals surface area contributed by atoms with Crippen LogP contribution in [0.1, 0.15) is 36.0 Å². The summed E-state index contributed by atoms with van der Waals surface area (Å²) in [6, 6.07) is 9.23. The zero-order valence-corrected chi connectivity index (χ0v) is 17.7. The third-order valence-corrected chi connectivity index (χ3v) is 3.70. The molecule has 0 aliphatic carbocycles. The lowest BCUT2D eigenvalue weighted by atomic mass is 10.2. The third kappa shape index (κ3) is 10.1. The summed E-state index contributed by atoms with van der Waals surface area (Å²) in [6.45, 7) is 5.90. The molecule has 140 valence electrons. The van der Waals surface area contributed by atoms with E-state index in [0.29, 0.717) is 18.7 Å². The number of aliphatic imine (C=N–C) groups is 1. The van der Waals surface area contributed by atoms with Crippen molar-refractivity contribution in [2.24, 2.45) is 4.99 Å². The van der Waals surface area contributed by atoms with Crippen LogP contribution in [-0.2, 0) is 0 Å². The van der Waals surface area contributed by atoms with Crippen LogP contribution in [0.5, 0.6) is 0 Å². The summed E-state index contributed by atoms with van der Waals surface area (Å²) in [5.74, 6) is 0.802. The number of rotatable bonds is 10. The molecule has 1 aromatic rings. The number of hydrogen-bond acceptors (Lipinski definition) is 2. The van der Waals surface area contributed by atoms with Crippen molar-refractivity contribution in [2.75, 3.05) is 33.7 Å². The monoisotopic (exact) mass is 458 g/mol. The van der Waals surface area contributed by atoms with Gasteiger partial charge in [-0.1, -0.05) is 30.7 Å². The van der Waals surface area contributed by atoms with Crippen molar-refractivity contribution in [1.82, 2.24) is 15.5 Å². The van der Waals surface area contributed by atoms with Gasteiger partial charge in [0.25, 0.3) is 5.91 Å². The van der Waals surface area contributed by atoms with Crippen LogP contribution in [0.2, 0.25) is 0 Å². The van der Waals surface area contributed by atoms with E-state index in [4.69, 9.17) is 0 Å². The van der Waals surface area contributed by atoms with Gasteiger partial charge in [-0.3, -0.25) is 9.79 Å². The van der Waals surface area contributed by atoms with Gasteiger partial charge in [-0.15, -0.1) is 30.6 Å². The number of benzene rings is 1. The van der Waals surface area contributed by atoms with Gasteiger partial charge in [0.05, 0.1) is 0 Å². The van der Waals surface area contributed by atoms with Crippen molar-refractivity contribution >= 4 is 35.8 Å². The fraction of sp³-hybridized carbons (Fsp3) is 0.474. The predicted molar refractivity (Wildman–Crippen MR) is 117 cm³/mol. The van der Waals surface area contributed by atoms with Gasteiger partial charge in [0.2, 0.25) is 0 Å². The number of nitrogens with one attached hydrogen (secondary N) is 2. The van der Waals surface area contributed by atoms with Gasteiger partial charge in [0.15, 0.2) is 5.96 Å². The molecule has 0 radical (unpaired) electrons. The Morgan fingerprint density at radius 2 is 1.84 bits per heavy atom. The molecule has 0 heterocycles. The zero-order chi connectivity index (χ0) is 17.6. The molecule has 0 spiro atoms. The molecule has 0 aromatic heterocycles. The number of hydrogen-bond donors (Lipinski definition) is 2. The Bertz CT molecular complexity index is 519. The molecule has 0 bridgehead atoms. The molecule has 0 fully saturated rings. The summed E-state index contributed by atoms with van der Waals surface area (Å²) in [5, 5.41) is 6.17. The van der Waals surface area contributed by atoms with Crippen LogP contribution < -0.4 is 10.6 Å². The topological polar surface area (TPSA) is 56.7 Å². The van der Waals surface area contributed by atoms with Crippen molar-refractivity contribution in [3.05, 3.63) is 48.6 Å². The third-order valence-electron chi connectivity index (χ3n) is 3.70. The van der Waals surface area contributed by atoms with Crippen molar-refractivity contribution in [2.45, 2.75) is 25.7 Å². The van der Waals surface area contributed by atoms with Gasteiger partial charge in [0.1, 0.15) is 0 Å². The van der Waals surface area contributed by atoms with E-state index >= 15 is 0 Å². The molecular weight excluding hydrogens is 427 g/mol. The number of unbranched alkanes of at least 4 members (excludes halogenated alkanes) is 3. The molecule has 0 atom stereocenters. The largest absolute Gasteiger partial charge is 0.354 e. The Morgan fingerprint density at radius 3 is 2.48 bits per heavy atom. The lowest BCUT2D eigenvalue weighted by Gasteiger charge is -2.22. The van der Waals surface area contributed by atoms with Gasteiger partial charge < -0.3 is 15.5 Å². The van der Waals surface area contributed by atoms with Crippen LogP contribution in [0.3, 0.4) is 0 Å². The molecule has 2 N–H and O–H groups in total. The van der Waals surface area contributed by atoms with Crippen molar-refractivity contribution in [3.8, 4) is 0 Å². The number of carbonyl (C=O) groups excluding carboxylic acids is 1. The summed E-state index contributed by atoms with van der Waals surface area (Å²) in [5.41, 5.74) is 0.679. The van der Waals surface area contributed by atoms with Gasteiger partial charge in [-0.05, 0) is 31.4 Å². The first kappa shape index (κ1) is 23.4. The lowest BCUT2D eigenvalue weighted by molar-refractivity contribution is 0.0954. The van der Waals surface area contributed by atoms with E-state index in [0.717, 1.165) is 25.3 Å². The number of carbonyl (C=O) groups is 1. The normalized spacial score (nSPS) is 10.6. The highest BCUT2D eigenvalue weighted by Gasteiger charge is 2.06. The second kappa shape index (κ2) is 14.7. The van der Waals surface area contributed by atoms with Gasteiger partial charge in [-0.2, -0.15) is 0 Å². The summed E-state index contributed by atoms with van der Waals surface area (Å²) in [6.07, 6.45) is 6.57. The number of amides is 1. The maximum absolute atomic E-state index is 11.9. The van der Waals surface area contributed by atoms with E-state index in [1.54, 1.807) is 7.05 Å². The van der Waals surface area contributed by atoms with Gasteiger partial charge in [0, 0.05) is 39.3 Å². The van der Waals surface area contributed by atoms with Crippen molar-refractivity contribution in [3.63, 3.8) is 0 Å². The Hall–Kier alpha value is -1.57. The molecule has 25 heavy (non-hydrogen) atoms. The number of allylic oxidation sites excluding steroid dienone is 1. The average molecular weight is 458 g/mol. The zero-order valence-electron chi connectivity index (χ0n) is 15.3. The van der Waals surface area contributed by atoms with Crippen LogP contribution in [-0.4, -0.2) is 50.5 Å². The quantitative estimate of drug-likeness (QED) is 0.186. The van der Waals surface area contributed by atoms with E-state index < -0.39 is 0 Å². The van der Waals surface area contributed by atoms with Crippen LogP contribution in [0.25, 0.3) is 0 Å². The highest BCUT2D eigenvalue weighted by molar-refractivity contribution is 14.0. The maximum atomic E-state index is 11.9. The van der Waals surface area contributed by atoms with Crippen LogP contribution in [0, 0.1) is 0 Å². The fourth-order valence-corrected chi connectivity index (χ4v) is 2.35. The van der Waals surface area contributed by atoms with Gasteiger partial charge in [-0.25, -0.2) is 0 Å². The van der Waals surface area contributed by atoms with E-state index in [1.807, 2.05) is 43.5 Å². The Balaban J connectivity index is 0.00000576. The van der Waals surface area contributed by atoms with E-state index in [1.165, 1.54) is 12.8 Å². The molecule has 1 amide bonds. The van der Waals surface area contributed by atoms with Crippen molar-refractivity contribution in [1.29, 1.82) is 0 Å². The van der Waals surface area contributed by atoms with Crippen molar-refractivity contribution < 1.29 is 4.79 Å². The van der Waals surface area contributed by atoms with Crippen LogP contribution >= 0.6 is 24.0 Å². The first-order chi connectivity index (χ1) is 11.7. The van der Waals surface area contributed by atoms with E-state index in [2.05, 4.69) is 27.1 Å². The molecule has 0 aliphatic heterocycles. The average Bonchev–Trinajstić information content (AvgIpc) is 2.62. The minimum atomic E-state index is -0.0528. The fourth-order valence-electron chi connectivity index (χ4n) is 2.35. The SMILES string of the molecule is C=CCCCCCN(C)C(=NC)NCCNC(=O)c1ccccc1.I. The minimum Gasteiger partial charge on any atom is -0.354 e. The smallest absolute Gasteiger partial charge is 0.251 e. The summed E-state index contributed by atoms with van der Waals surface area (Å²) in [7, 11) is 3.81. The molecule has 0 saturated heterocycles. The molecule has 0 saturated carbocycles. The minimum absolute atomic E-state index is 0. The van der Waals surface area contributed by atoms with E-state index in [9.17, 15) is 4.79 Å². The second-order valence-electron chi connectivity index (χ2n) is 5.66. The first-order valence-electron chi connectivity index (χ1n) is 8.55. The number of guanidine groups is 1. The highest BCUT2D eigenvalue weighted by atomic mass is 127. The lowest BCUT2D eigenvalue weighted by Crippen LogP contribution is -2.42. The number of nitrogens with zero attached hydrogens (tertiary/aromatic N) is 2. The number of halogens is 1. The molecule has 6 heteroatoms. The van der Waals surface area contributed by atoms with E-state index in [-0.39, 0.29) is 29.9 Å². The highest BCUT2D eigenvalue weighted by Crippen LogP contribution is 2.01. The molecular formula is C19H31IN4O. The molecule has 5 nitrogen and oxygen atoms in total. The Kier molecular flexibility index (Phi) is 13.8. The van der Waals surface area contributed by atoms with Crippen LogP contribution in [0.15, 0.2) is 48.0 Å². The molecule has 1 rings (SSSR count). The molecule has 0 unspecified atom stereocenters. The predicted octanol–water partition coefficient (Wildman–Crippen LogP) is 3.29. The Morgan fingerprint density at radius 1 is 1.16 bits per heavy atom. The molecule has 0 aliphatic rings. The maximum Gasteiger partial charge on any atom is 0.251 e. The second-order valence-corrected chi connectivity index (χ2v) is 5.66. The summed E-state index contributed by atoms with van der Waals surface area (Å²) < 4.78 is 0.